The number of nitrogens with zero attached hydrogens (tertiary/aromatic N) is 4. The van der Waals surface area contributed by atoms with E-state index in [2.05, 4.69) is 26.8 Å². The van der Waals surface area contributed by atoms with Crippen LogP contribution in [0.15, 0.2) is 67.5 Å². The summed E-state index contributed by atoms with van der Waals surface area (Å²) in [5.74, 6) is 6.15. The topological polar surface area (TPSA) is 86.7 Å². The molecule has 2 heterocycles. The number of hydrogen-bond acceptors (Lipinski definition) is 5. The lowest BCUT2D eigenvalue weighted by atomic mass is 9.97. The van der Waals surface area contributed by atoms with Gasteiger partial charge in [-0.3, -0.25) is 4.79 Å². The van der Waals surface area contributed by atoms with Crippen molar-refractivity contribution in [2.24, 2.45) is 5.73 Å². The van der Waals surface area contributed by atoms with Crippen LogP contribution in [0.1, 0.15) is 44.0 Å². The number of Topliss-reactive ketones (excluding diaryl/α,β-unsaturated/α-hetero) is 1. The van der Waals surface area contributed by atoms with E-state index in [4.69, 9.17) is 5.73 Å². The number of halogens is 3. The van der Waals surface area contributed by atoms with Gasteiger partial charge >= 0.3 is 6.18 Å². The molecule has 0 aliphatic heterocycles. The third-order valence-electron chi connectivity index (χ3n) is 5.26. The fourth-order valence-electron chi connectivity index (χ4n) is 3.38. The average molecular weight is 475 g/mol. The van der Waals surface area contributed by atoms with E-state index < -0.39 is 11.7 Å². The highest BCUT2D eigenvalue weighted by Gasteiger charge is 2.31. The number of ketones is 1. The standard InChI is InChI=1S/C26H20F3N5O/c1-17-2-4-21(11-20(17)5-3-18-14-32-25(13-30)33-15-18)24(35)10-19-8-22(26(27,28)29)12-23(9-19)34-7-6-31-16-34/h2,4,6-9,11-12,14-16H,10,13,30H2,1H3. The Bertz CT molecular complexity index is 1420. The van der Waals surface area contributed by atoms with Gasteiger partial charge in [-0.15, -0.1) is 0 Å². The van der Waals surface area contributed by atoms with Gasteiger partial charge in [0.05, 0.1) is 24.0 Å². The number of hydrogen-bond donors (Lipinski definition) is 1. The van der Waals surface area contributed by atoms with Gasteiger partial charge in [-0.1, -0.05) is 24.0 Å². The molecule has 0 saturated heterocycles. The molecule has 0 fully saturated rings. The lowest BCUT2D eigenvalue weighted by Crippen LogP contribution is -2.10. The number of carbonyl (C=O) groups is 1. The monoisotopic (exact) mass is 475 g/mol. The number of aromatic nitrogens is 4. The molecule has 35 heavy (non-hydrogen) atoms. The highest BCUT2D eigenvalue weighted by Crippen LogP contribution is 2.32. The van der Waals surface area contributed by atoms with E-state index in [0.29, 0.717) is 22.5 Å². The normalized spacial score (nSPS) is 11.1. The number of aryl methyl sites for hydroxylation is 1. The molecule has 9 heteroatoms. The van der Waals surface area contributed by atoms with Crippen molar-refractivity contribution in [3.05, 3.63) is 107 Å². The highest BCUT2D eigenvalue weighted by atomic mass is 19.4. The molecule has 0 amide bonds. The smallest absolute Gasteiger partial charge is 0.324 e. The summed E-state index contributed by atoms with van der Waals surface area (Å²) in [4.78, 5) is 25.1. The minimum atomic E-state index is -4.55. The fraction of sp³-hybridized carbons (Fsp3) is 0.154. The molecule has 2 aromatic carbocycles. The predicted molar refractivity (Wildman–Crippen MR) is 124 cm³/mol. The van der Waals surface area contributed by atoms with E-state index in [1.807, 2.05) is 6.92 Å². The van der Waals surface area contributed by atoms with Gasteiger partial charge in [0, 0.05) is 48.0 Å². The summed E-state index contributed by atoms with van der Waals surface area (Å²) in [6.45, 7) is 2.09. The second-order valence-corrected chi connectivity index (χ2v) is 7.83. The van der Waals surface area contributed by atoms with Crippen molar-refractivity contribution in [2.75, 3.05) is 0 Å². The highest BCUT2D eigenvalue weighted by molar-refractivity contribution is 5.98. The first-order valence-electron chi connectivity index (χ1n) is 10.6. The number of imidazole rings is 1. The Kier molecular flexibility index (Phi) is 6.75. The zero-order valence-corrected chi connectivity index (χ0v) is 18.7. The molecule has 0 atom stereocenters. The van der Waals surface area contributed by atoms with Gasteiger partial charge in [0.1, 0.15) is 5.82 Å². The van der Waals surface area contributed by atoms with Crippen molar-refractivity contribution in [1.29, 1.82) is 0 Å². The number of nitrogens with two attached hydrogens (primary N) is 1. The molecule has 0 spiro atoms. The number of rotatable bonds is 5. The predicted octanol–water partition coefficient (Wildman–Crippen LogP) is 4.27. The molecular weight excluding hydrogens is 455 g/mol. The number of carbonyl (C=O) groups excluding carboxylic acids is 1. The van der Waals surface area contributed by atoms with Crippen LogP contribution < -0.4 is 5.73 Å². The Morgan fingerprint density at radius 3 is 2.51 bits per heavy atom. The molecule has 4 rings (SSSR count). The third kappa shape index (κ3) is 5.80. The van der Waals surface area contributed by atoms with Crippen LogP contribution in [0, 0.1) is 18.8 Å². The molecule has 4 aromatic rings. The van der Waals surface area contributed by atoms with Crippen LogP contribution in [0.5, 0.6) is 0 Å². The fourth-order valence-corrected chi connectivity index (χ4v) is 3.38. The average Bonchev–Trinajstić information content (AvgIpc) is 3.38. The Morgan fingerprint density at radius 2 is 1.86 bits per heavy atom. The lowest BCUT2D eigenvalue weighted by Gasteiger charge is -2.13. The SMILES string of the molecule is Cc1ccc(C(=O)Cc2cc(-n3ccnc3)cc(C(F)(F)F)c2)cc1C#Cc1cnc(CN)nc1. The quantitative estimate of drug-likeness (QED) is 0.344. The van der Waals surface area contributed by atoms with Gasteiger partial charge in [-0.2, -0.15) is 13.2 Å². The Labute approximate surface area is 199 Å². The van der Waals surface area contributed by atoms with Crippen LogP contribution in [0.25, 0.3) is 5.69 Å². The summed E-state index contributed by atoms with van der Waals surface area (Å²) in [6.07, 6.45) is 2.80. The second kappa shape index (κ2) is 9.91. The zero-order valence-electron chi connectivity index (χ0n) is 18.7. The molecule has 2 N–H and O–H groups in total. The van der Waals surface area contributed by atoms with Crippen molar-refractivity contribution in [3.8, 4) is 17.5 Å². The van der Waals surface area contributed by atoms with Crippen LogP contribution in [-0.4, -0.2) is 25.3 Å². The summed E-state index contributed by atoms with van der Waals surface area (Å²) in [7, 11) is 0. The van der Waals surface area contributed by atoms with Gasteiger partial charge < -0.3 is 10.3 Å². The van der Waals surface area contributed by atoms with E-state index in [0.717, 1.165) is 17.7 Å². The molecule has 176 valence electrons. The molecule has 0 aliphatic carbocycles. The van der Waals surface area contributed by atoms with Crippen LogP contribution in [0.4, 0.5) is 13.2 Å². The molecule has 0 unspecified atom stereocenters. The molecule has 0 bridgehead atoms. The maximum absolute atomic E-state index is 13.5. The molecule has 0 radical (unpaired) electrons. The summed E-state index contributed by atoms with van der Waals surface area (Å²) in [6, 6.07) is 8.62. The number of alkyl halides is 3. The van der Waals surface area contributed by atoms with Crippen molar-refractivity contribution in [2.45, 2.75) is 26.1 Å². The molecular formula is C26H20F3N5O. The van der Waals surface area contributed by atoms with Crippen molar-refractivity contribution < 1.29 is 18.0 Å². The van der Waals surface area contributed by atoms with E-state index >= 15 is 0 Å². The van der Waals surface area contributed by atoms with E-state index in [9.17, 15) is 18.0 Å². The first-order chi connectivity index (χ1) is 16.7. The van der Waals surface area contributed by atoms with Gasteiger partial charge in [-0.05, 0) is 42.3 Å². The van der Waals surface area contributed by atoms with Crippen LogP contribution in [-0.2, 0) is 19.1 Å². The van der Waals surface area contributed by atoms with Crippen molar-refractivity contribution >= 4 is 5.78 Å². The maximum atomic E-state index is 13.5. The summed E-state index contributed by atoms with van der Waals surface area (Å²) >= 11 is 0. The first kappa shape index (κ1) is 23.9. The minimum Gasteiger partial charge on any atom is -0.324 e. The maximum Gasteiger partial charge on any atom is 0.416 e. The van der Waals surface area contributed by atoms with Gasteiger partial charge in [0.25, 0.3) is 0 Å². The molecule has 2 aromatic heterocycles. The molecule has 0 saturated carbocycles. The van der Waals surface area contributed by atoms with Gasteiger partial charge in [-0.25, -0.2) is 15.0 Å². The second-order valence-electron chi connectivity index (χ2n) is 7.83. The Hall–Kier alpha value is -4.29. The molecule has 0 aliphatic rings. The Morgan fingerprint density at radius 1 is 1.09 bits per heavy atom. The van der Waals surface area contributed by atoms with E-state index in [-0.39, 0.29) is 30.0 Å². The Balaban J connectivity index is 1.61. The number of benzene rings is 2. The lowest BCUT2D eigenvalue weighted by molar-refractivity contribution is -0.137. The molecule has 6 nitrogen and oxygen atoms in total. The minimum absolute atomic E-state index is 0.198. The first-order valence-corrected chi connectivity index (χ1v) is 10.6. The summed E-state index contributed by atoms with van der Waals surface area (Å²) < 4.78 is 41.9. The van der Waals surface area contributed by atoms with Crippen molar-refractivity contribution in [1.82, 2.24) is 19.5 Å². The van der Waals surface area contributed by atoms with Crippen LogP contribution in [0.2, 0.25) is 0 Å². The summed E-state index contributed by atoms with van der Waals surface area (Å²) in [5.41, 5.74) is 7.62. The largest absolute Gasteiger partial charge is 0.416 e. The summed E-state index contributed by atoms with van der Waals surface area (Å²) in [5, 5.41) is 0. The van der Waals surface area contributed by atoms with Crippen LogP contribution in [0.3, 0.4) is 0 Å². The van der Waals surface area contributed by atoms with Crippen LogP contribution >= 0.6 is 0 Å². The third-order valence-corrected chi connectivity index (χ3v) is 5.26. The van der Waals surface area contributed by atoms with Gasteiger partial charge in [0.15, 0.2) is 5.78 Å². The van der Waals surface area contributed by atoms with Crippen molar-refractivity contribution in [3.63, 3.8) is 0 Å². The van der Waals surface area contributed by atoms with Gasteiger partial charge in [0.2, 0.25) is 0 Å². The van der Waals surface area contributed by atoms with E-state index in [1.54, 1.807) is 42.9 Å². The zero-order chi connectivity index (χ0) is 25.0. The van der Waals surface area contributed by atoms with E-state index in [1.165, 1.54) is 17.1 Å².